The Morgan fingerprint density at radius 3 is 1.65 bits per heavy atom. The van der Waals surface area contributed by atoms with Crippen molar-refractivity contribution in [2.75, 3.05) is 19.8 Å². The fourth-order valence-electron chi connectivity index (χ4n) is 5.68. The Bertz CT molecular complexity index is 1020. The molecule has 20 atom stereocenters. The molecule has 268 valence electrons. The second kappa shape index (κ2) is 14.8. The van der Waals surface area contributed by atoms with Gasteiger partial charge in [-0.2, -0.15) is 0 Å². The topological polar surface area (TPSA) is 376 Å². The van der Waals surface area contributed by atoms with E-state index in [0.29, 0.717) is 0 Å². The molecule has 0 aromatic carbocycles. The van der Waals surface area contributed by atoms with Gasteiger partial charge in [0.2, 0.25) is 5.78 Å². The van der Waals surface area contributed by atoms with E-state index in [4.69, 9.17) is 28.4 Å². The summed E-state index contributed by atoms with van der Waals surface area (Å²) in [4.78, 5) is 13.9. The molecule has 0 aromatic heterocycles. The van der Waals surface area contributed by atoms with Crippen LogP contribution in [0.4, 0.5) is 0 Å². The van der Waals surface area contributed by atoms with Gasteiger partial charge in [-0.3, -0.25) is 4.79 Å². The summed E-state index contributed by atoms with van der Waals surface area (Å²) in [5, 5.41) is 154. The molecule has 0 amide bonds. The Hall–Kier alpha value is -1.17. The molecule has 0 bridgehead atoms. The minimum Gasteiger partial charge on any atom is -0.394 e. The standard InChI is InChI=1S/C24H40O22/c25-1-4-7(28)12(33)19(37)24(45-4,20(38)18-9(30)8(29)13(34)22(40)43-18)46-17-6(3-27)42-23(15(36)11(17)32)44-16-5(2-26)41-21(39)14(35)10(16)31/h4-19,21-23,25-37,39-40H,1-3H2/t4-,5-,6-,7-,8?,9?,10-,11-,12+,13?,14-,15-,16-,17-,18?,19-,21+,22?,23?,24?/m1/s1. The Morgan fingerprint density at radius 1 is 0.543 bits per heavy atom. The average Bonchev–Trinajstić information content (AvgIpc) is 3.04. The number of aliphatic hydroxyl groups is 15. The third kappa shape index (κ3) is 6.57. The van der Waals surface area contributed by atoms with Crippen molar-refractivity contribution in [3.05, 3.63) is 0 Å². The Kier molecular flexibility index (Phi) is 12.1. The van der Waals surface area contributed by atoms with Crippen LogP contribution < -0.4 is 0 Å². The first kappa shape index (κ1) is 37.6. The van der Waals surface area contributed by atoms with E-state index < -0.39 is 148 Å². The molecule has 4 saturated heterocycles. The number of carbonyl (C=O) groups is 1. The number of hydrogen-bond acceptors (Lipinski definition) is 22. The van der Waals surface area contributed by atoms with E-state index >= 15 is 0 Å². The highest BCUT2D eigenvalue weighted by molar-refractivity contribution is 5.91. The van der Waals surface area contributed by atoms with Gasteiger partial charge in [0.05, 0.1) is 19.8 Å². The van der Waals surface area contributed by atoms with Crippen LogP contribution >= 0.6 is 0 Å². The molecule has 4 rings (SSSR count). The lowest BCUT2D eigenvalue weighted by Crippen LogP contribution is -2.75. The number of carbonyl (C=O) groups excluding carboxylic acids is 1. The van der Waals surface area contributed by atoms with Gasteiger partial charge in [0, 0.05) is 0 Å². The number of Topliss-reactive ketones (excluding diaryl/α,β-unsaturated/α-hetero) is 1. The summed E-state index contributed by atoms with van der Waals surface area (Å²) in [6.07, 6.45) is -40.3. The molecule has 4 aliphatic rings. The molecule has 22 nitrogen and oxygen atoms in total. The first-order valence-corrected chi connectivity index (χ1v) is 14.1. The zero-order valence-corrected chi connectivity index (χ0v) is 23.7. The SMILES string of the molecule is O=C(C1OC(O)C(O)C(O)C1O)C1(O[C@H]2[C@H](O)[C@@H](O)C(O[C@H]3[C@H](O)[C@@H](O)[C@@H](O)O[C@@H]3CO)O[C@@H]2CO)O[C@H](CO)[C@@H](O)[C@H](O)[C@H]1O. The maximum Gasteiger partial charge on any atom is 0.262 e. The van der Waals surface area contributed by atoms with Crippen molar-refractivity contribution < 1.29 is 110 Å². The lowest BCUT2D eigenvalue weighted by atomic mass is 9.84. The van der Waals surface area contributed by atoms with Crippen molar-refractivity contribution in [3.63, 3.8) is 0 Å². The van der Waals surface area contributed by atoms with E-state index in [9.17, 15) is 81.4 Å². The average molecular weight is 681 g/mol. The number of ketones is 1. The van der Waals surface area contributed by atoms with Crippen molar-refractivity contribution in [2.24, 2.45) is 0 Å². The smallest absolute Gasteiger partial charge is 0.262 e. The molecule has 0 aliphatic carbocycles. The van der Waals surface area contributed by atoms with Crippen molar-refractivity contribution >= 4 is 5.78 Å². The predicted molar refractivity (Wildman–Crippen MR) is 134 cm³/mol. The maximum atomic E-state index is 13.9. The largest absolute Gasteiger partial charge is 0.394 e. The van der Waals surface area contributed by atoms with Crippen LogP contribution in [0.2, 0.25) is 0 Å². The summed E-state index contributed by atoms with van der Waals surface area (Å²) < 4.78 is 31.7. The molecule has 4 heterocycles. The number of aliphatic hydroxyl groups excluding tert-OH is 15. The van der Waals surface area contributed by atoms with Crippen molar-refractivity contribution in [2.45, 2.75) is 122 Å². The summed E-state index contributed by atoms with van der Waals surface area (Å²) >= 11 is 0. The second-order valence-electron chi connectivity index (χ2n) is 11.3. The molecule has 0 saturated carbocycles. The lowest BCUT2D eigenvalue weighted by Gasteiger charge is -2.52. The number of ether oxygens (including phenoxy) is 6. The summed E-state index contributed by atoms with van der Waals surface area (Å²) in [5.41, 5.74) is 0. The zero-order valence-electron chi connectivity index (χ0n) is 23.7. The van der Waals surface area contributed by atoms with Crippen molar-refractivity contribution in [1.82, 2.24) is 0 Å². The van der Waals surface area contributed by atoms with Gasteiger partial charge in [0.1, 0.15) is 91.6 Å². The quantitative estimate of drug-likeness (QED) is 0.107. The fraction of sp³-hybridized carbons (Fsp3) is 0.958. The first-order chi connectivity index (χ1) is 21.6. The van der Waals surface area contributed by atoms with Crippen LogP contribution in [0.15, 0.2) is 0 Å². The minimum atomic E-state index is -3.41. The lowest BCUT2D eigenvalue weighted by molar-refractivity contribution is -0.399. The molecule has 22 heteroatoms. The van der Waals surface area contributed by atoms with Crippen LogP contribution in [0.25, 0.3) is 0 Å². The van der Waals surface area contributed by atoms with E-state index in [0.717, 1.165) is 0 Å². The fourth-order valence-corrected chi connectivity index (χ4v) is 5.68. The van der Waals surface area contributed by atoms with Crippen LogP contribution in [0, 0.1) is 0 Å². The summed E-state index contributed by atoms with van der Waals surface area (Å²) in [5.74, 6) is -5.16. The summed E-state index contributed by atoms with van der Waals surface area (Å²) in [7, 11) is 0. The van der Waals surface area contributed by atoms with Crippen LogP contribution in [-0.2, 0) is 33.2 Å². The molecular weight excluding hydrogens is 640 g/mol. The number of hydrogen-bond donors (Lipinski definition) is 15. The Balaban J connectivity index is 1.66. The highest BCUT2D eigenvalue weighted by Crippen LogP contribution is 2.39. The van der Waals surface area contributed by atoms with E-state index in [-0.39, 0.29) is 0 Å². The normalized spacial score (nSPS) is 53.6. The highest BCUT2D eigenvalue weighted by Gasteiger charge is 2.65. The molecule has 0 aromatic rings. The van der Waals surface area contributed by atoms with Crippen LogP contribution in [0.5, 0.6) is 0 Å². The second-order valence-corrected chi connectivity index (χ2v) is 11.3. The Morgan fingerprint density at radius 2 is 1.07 bits per heavy atom. The molecule has 0 spiro atoms. The Labute approximate surface area is 258 Å². The molecule has 4 aliphatic heterocycles. The summed E-state index contributed by atoms with van der Waals surface area (Å²) in [6, 6.07) is 0. The van der Waals surface area contributed by atoms with Crippen LogP contribution in [-0.4, -0.2) is 225 Å². The van der Waals surface area contributed by atoms with Gasteiger partial charge in [-0.15, -0.1) is 0 Å². The molecule has 4 fully saturated rings. The van der Waals surface area contributed by atoms with Gasteiger partial charge in [-0.25, -0.2) is 0 Å². The zero-order chi connectivity index (χ0) is 34.4. The molecule has 15 N–H and O–H groups in total. The number of rotatable bonds is 9. The monoisotopic (exact) mass is 680 g/mol. The van der Waals surface area contributed by atoms with Crippen LogP contribution in [0.1, 0.15) is 0 Å². The molecule has 7 unspecified atom stereocenters. The third-order valence-corrected chi connectivity index (χ3v) is 8.40. The van der Waals surface area contributed by atoms with E-state index in [1.54, 1.807) is 0 Å². The van der Waals surface area contributed by atoms with Crippen molar-refractivity contribution in [1.29, 1.82) is 0 Å². The van der Waals surface area contributed by atoms with Gasteiger partial charge in [0.15, 0.2) is 25.0 Å². The minimum absolute atomic E-state index is 0.887. The highest BCUT2D eigenvalue weighted by atomic mass is 16.8. The van der Waals surface area contributed by atoms with Gasteiger partial charge in [-0.05, 0) is 0 Å². The molecular formula is C24H40O22. The predicted octanol–water partition coefficient (Wildman–Crippen LogP) is -10.8. The summed E-state index contributed by atoms with van der Waals surface area (Å²) in [6.45, 7) is -3.17. The molecule has 46 heavy (non-hydrogen) atoms. The van der Waals surface area contributed by atoms with Crippen LogP contribution in [0.3, 0.4) is 0 Å². The molecule has 0 radical (unpaired) electrons. The maximum absolute atomic E-state index is 13.9. The van der Waals surface area contributed by atoms with Gasteiger partial charge in [-0.1, -0.05) is 0 Å². The van der Waals surface area contributed by atoms with E-state index in [1.807, 2.05) is 0 Å². The van der Waals surface area contributed by atoms with E-state index in [1.165, 1.54) is 0 Å². The van der Waals surface area contributed by atoms with Gasteiger partial charge < -0.3 is 105 Å². The van der Waals surface area contributed by atoms with Gasteiger partial charge in [0.25, 0.3) is 5.79 Å². The van der Waals surface area contributed by atoms with Gasteiger partial charge >= 0.3 is 0 Å². The third-order valence-electron chi connectivity index (χ3n) is 8.40. The first-order valence-electron chi connectivity index (χ1n) is 14.1. The van der Waals surface area contributed by atoms with Crippen molar-refractivity contribution in [3.8, 4) is 0 Å². The van der Waals surface area contributed by atoms with E-state index in [2.05, 4.69) is 0 Å².